The first-order valence-electron chi connectivity index (χ1n) is 9.77. The Labute approximate surface area is 169 Å². The second-order valence-corrected chi connectivity index (χ2v) is 7.86. The van der Waals surface area contributed by atoms with Crippen LogP contribution in [0.4, 0.5) is 0 Å². The molecule has 0 aromatic carbocycles. The monoisotopic (exact) mass is 402 g/mol. The smallest absolute Gasteiger partial charge is 0.272 e. The molecule has 2 aliphatic rings. The Morgan fingerprint density at radius 1 is 1.32 bits per heavy atom. The minimum Gasteiger partial charge on any atom is -0.379 e. The molecule has 2 fully saturated rings. The predicted octanol–water partition coefficient (Wildman–Crippen LogP) is 1.72. The van der Waals surface area contributed by atoms with Gasteiger partial charge in [-0.1, -0.05) is 6.07 Å². The Balaban J connectivity index is 1.40. The predicted molar refractivity (Wildman–Crippen MR) is 107 cm³/mol. The Kier molecular flexibility index (Phi) is 5.84. The van der Waals surface area contributed by atoms with Crippen LogP contribution in [0.2, 0.25) is 0 Å². The van der Waals surface area contributed by atoms with Crippen LogP contribution in [0.25, 0.3) is 0 Å². The molecule has 2 saturated heterocycles. The third-order valence-corrected chi connectivity index (χ3v) is 5.91. The summed E-state index contributed by atoms with van der Waals surface area (Å²) < 4.78 is 7.89. The number of aromatic nitrogens is 4. The van der Waals surface area contributed by atoms with Gasteiger partial charge in [-0.25, -0.2) is 0 Å². The van der Waals surface area contributed by atoms with Gasteiger partial charge in [-0.2, -0.15) is 5.10 Å². The lowest BCUT2D eigenvalue weighted by Crippen LogP contribution is -2.40. The van der Waals surface area contributed by atoms with Gasteiger partial charge in [-0.15, -0.1) is 0 Å². The summed E-state index contributed by atoms with van der Waals surface area (Å²) in [6.45, 7) is 5.67. The van der Waals surface area contributed by atoms with Crippen LogP contribution in [0.1, 0.15) is 40.6 Å². The van der Waals surface area contributed by atoms with Crippen molar-refractivity contribution in [2.24, 2.45) is 7.05 Å². The van der Waals surface area contributed by atoms with Gasteiger partial charge in [0.05, 0.1) is 13.2 Å². The molecule has 0 radical (unpaired) electrons. The van der Waals surface area contributed by atoms with E-state index in [0.717, 1.165) is 63.6 Å². The molecule has 4 rings (SSSR count). The minimum absolute atomic E-state index is 0.0144. The normalized spacial score (nSPS) is 21.0. The average Bonchev–Trinajstić information content (AvgIpc) is 3.07. The van der Waals surface area contributed by atoms with Gasteiger partial charge in [0.15, 0.2) is 4.77 Å². The fourth-order valence-electron chi connectivity index (χ4n) is 3.92. The number of H-pyrrole nitrogens is 1. The Morgan fingerprint density at radius 2 is 2.14 bits per heavy atom. The van der Waals surface area contributed by atoms with Crippen molar-refractivity contribution in [3.05, 3.63) is 40.2 Å². The molecular formula is C19H26N6O2S. The first-order chi connectivity index (χ1) is 13.6. The fourth-order valence-corrected chi connectivity index (χ4v) is 4.06. The number of pyridine rings is 1. The van der Waals surface area contributed by atoms with Gasteiger partial charge in [0.2, 0.25) is 0 Å². The number of amides is 1. The molecule has 28 heavy (non-hydrogen) atoms. The topological polar surface area (TPSA) is 79.3 Å². The van der Waals surface area contributed by atoms with E-state index in [1.54, 1.807) is 0 Å². The van der Waals surface area contributed by atoms with Crippen molar-refractivity contribution in [1.82, 2.24) is 29.5 Å². The molecule has 2 aromatic heterocycles. The highest BCUT2D eigenvalue weighted by Gasteiger charge is 2.28. The van der Waals surface area contributed by atoms with Gasteiger partial charge in [0, 0.05) is 51.9 Å². The molecule has 0 saturated carbocycles. The highest BCUT2D eigenvalue weighted by Crippen LogP contribution is 2.26. The zero-order valence-corrected chi connectivity index (χ0v) is 17.0. The molecule has 4 heterocycles. The number of hydrogen-bond acceptors (Lipinski definition) is 6. The van der Waals surface area contributed by atoms with Gasteiger partial charge >= 0.3 is 0 Å². The summed E-state index contributed by atoms with van der Waals surface area (Å²) in [6.07, 6.45) is 3.77. The molecule has 0 spiro atoms. The third kappa shape index (κ3) is 4.16. The van der Waals surface area contributed by atoms with Crippen LogP contribution in [0.3, 0.4) is 0 Å². The van der Waals surface area contributed by atoms with Gasteiger partial charge in [-0.05, 0) is 36.7 Å². The summed E-state index contributed by atoms with van der Waals surface area (Å²) >= 11 is 5.22. The maximum absolute atomic E-state index is 12.9. The summed E-state index contributed by atoms with van der Waals surface area (Å²) in [7, 11) is 1.91. The van der Waals surface area contributed by atoms with Gasteiger partial charge < -0.3 is 14.2 Å². The van der Waals surface area contributed by atoms with Crippen LogP contribution in [0.15, 0.2) is 18.3 Å². The molecule has 1 N–H and O–H groups in total. The summed E-state index contributed by atoms with van der Waals surface area (Å²) in [4.78, 5) is 21.6. The molecule has 1 atom stereocenters. The van der Waals surface area contributed by atoms with Crippen molar-refractivity contribution in [3.8, 4) is 0 Å². The van der Waals surface area contributed by atoms with E-state index in [4.69, 9.17) is 17.0 Å². The van der Waals surface area contributed by atoms with Crippen molar-refractivity contribution in [2.45, 2.75) is 25.3 Å². The van der Waals surface area contributed by atoms with Crippen molar-refractivity contribution in [1.29, 1.82) is 0 Å². The third-order valence-electron chi connectivity index (χ3n) is 5.54. The molecule has 8 nitrogen and oxygen atoms in total. The maximum atomic E-state index is 12.9. The number of rotatable bonds is 4. The Bertz CT molecular complexity index is 871. The van der Waals surface area contributed by atoms with Crippen molar-refractivity contribution < 1.29 is 9.53 Å². The molecule has 2 aromatic rings. The zero-order chi connectivity index (χ0) is 19.5. The summed E-state index contributed by atoms with van der Waals surface area (Å²) in [5, 5.41) is 7.19. The Hall–Kier alpha value is -2.10. The molecular weight excluding hydrogens is 376 g/mol. The molecule has 0 unspecified atom stereocenters. The van der Waals surface area contributed by atoms with Crippen LogP contribution in [0.5, 0.6) is 0 Å². The van der Waals surface area contributed by atoms with E-state index >= 15 is 0 Å². The number of aromatic amines is 1. The van der Waals surface area contributed by atoms with Crippen LogP contribution in [0, 0.1) is 4.77 Å². The van der Waals surface area contributed by atoms with Gasteiger partial charge in [-0.3, -0.25) is 19.8 Å². The summed E-state index contributed by atoms with van der Waals surface area (Å²) in [6, 6.07) is 3.85. The number of carbonyl (C=O) groups is 1. The number of ether oxygens (including phenoxy) is 1. The standard InChI is InChI=1S/C19H26N6O2S/c1-23-17(21-22-19(23)28)15-3-2-6-25(13-15)18(26)16-5-4-14(11-20-16)12-24-7-9-27-10-8-24/h4-5,11,15H,2-3,6-10,12-13H2,1H3,(H,22,28)/t15-/m0/s1. The SMILES string of the molecule is Cn1c([C@H]2CCCN(C(=O)c3ccc(CN4CCOCC4)cn3)C2)n[nH]c1=S. The second kappa shape index (κ2) is 8.50. The van der Waals surface area contributed by atoms with Crippen molar-refractivity contribution in [3.63, 3.8) is 0 Å². The number of morpholine rings is 1. The highest BCUT2D eigenvalue weighted by molar-refractivity contribution is 7.71. The minimum atomic E-state index is -0.0144. The number of nitrogens with one attached hydrogen (secondary N) is 1. The van der Waals surface area contributed by atoms with E-state index in [0.29, 0.717) is 17.0 Å². The van der Waals surface area contributed by atoms with Gasteiger partial charge in [0.1, 0.15) is 11.5 Å². The van der Waals surface area contributed by atoms with Crippen molar-refractivity contribution >= 4 is 18.1 Å². The van der Waals surface area contributed by atoms with E-state index in [2.05, 4.69) is 20.1 Å². The number of hydrogen-bond donors (Lipinski definition) is 1. The first-order valence-corrected chi connectivity index (χ1v) is 10.2. The zero-order valence-electron chi connectivity index (χ0n) is 16.1. The van der Waals surface area contributed by atoms with E-state index in [-0.39, 0.29) is 11.8 Å². The molecule has 2 aliphatic heterocycles. The Morgan fingerprint density at radius 3 is 2.82 bits per heavy atom. The molecule has 0 aliphatic carbocycles. The van der Waals surface area contributed by atoms with E-state index in [1.807, 2.05) is 34.8 Å². The van der Waals surface area contributed by atoms with Crippen LogP contribution in [-0.4, -0.2) is 74.8 Å². The number of nitrogens with zero attached hydrogens (tertiary/aromatic N) is 5. The lowest BCUT2D eigenvalue weighted by molar-refractivity contribution is 0.0341. The quantitative estimate of drug-likeness (QED) is 0.785. The molecule has 150 valence electrons. The van der Waals surface area contributed by atoms with Crippen molar-refractivity contribution in [2.75, 3.05) is 39.4 Å². The molecule has 1 amide bonds. The second-order valence-electron chi connectivity index (χ2n) is 7.48. The summed E-state index contributed by atoms with van der Waals surface area (Å²) in [5.41, 5.74) is 1.62. The summed E-state index contributed by atoms with van der Waals surface area (Å²) in [5.74, 6) is 1.09. The largest absolute Gasteiger partial charge is 0.379 e. The van der Waals surface area contributed by atoms with Crippen LogP contribution >= 0.6 is 12.2 Å². The molecule has 0 bridgehead atoms. The molecule has 9 heteroatoms. The average molecular weight is 403 g/mol. The number of piperidine rings is 1. The number of carbonyl (C=O) groups excluding carboxylic acids is 1. The fraction of sp³-hybridized carbons (Fsp3) is 0.579. The highest BCUT2D eigenvalue weighted by atomic mass is 32.1. The van der Waals surface area contributed by atoms with E-state index in [1.165, 1.54) is 0 Å². The maximum Gasteiger partial charge on any atom is 0.272 e. The lowest BCUT2D eigenvalue weighted by atomic mass is 9.97. The van der Waals surface area contributed by atoms with Crippen LogP contribution < -0.4 is 0 Å². The van der Waals surface area contributed by atoms with E-state index in [9.17, 15) is 4.79 Å². The van der Waals surface area contributed by atoms with Gasteiger partial charge in [0.25, 0.3) is 5.91 Å². The first kappa shape index (κ1) is 19.2. The lowest BCUT2D eigenvalue weighted by Gasteiger charge is -2.32. The number of likely N-dealkylation sites (tertiary alicyclic amines) is 1. The van der Waals surface area contributed by atoms with E-state index < -0.39 is 0 Å². The van der Waals surface area contributed by atoms with Crippen LogP contribution in [-0.2, 0) is 18.3 Å².